The summed E-state index contributed by atoms with van der Waals surface area (Å²) in [6, 6.07) is 5.86. The summed E-state index contributed by atoms with van der Waals surface area (Å²) in [5, 5.41) is 4.01. The Hall–Kier alpha value is -2.10. The second kappa shape index (κ2) is 8.07. The minimum absolute atomic E-state index is 0.0625. The molecule has 0 spiro atoms. The maximum Gasteiger partial charge on any atom is 0.271 e. The average molecular weight is 379 g/mol. The molecule has 26 heavy (non-hydrogen) atoms. The molecular weight excluding hydrogens is 358 g/mol. The van der Waals surface area contributed by atoms with Crippen LogP contribution in [-0.2, 0) is 19.6 Å². The first-order chi connectivity index (χ1) is 12.5. The highest BCUT2D eigenvalue weighted by Crippen LogP contribution is 2.18. The zero-order valence-electron chi connectivity index (χ0n) is 14.3. The minimum atomic E-state index is -3.67. The summed E-state index contributed by atoms with van der Waals surface area (Å²) < 4.78 is 31.9. The summed E-state index contributed by atoms with van der Waals surface area (Å²) in [6.45, 7) is 1.30. The highest BCUT2D eigenvalue weighted by atomic mass is 32.2. The molecule has 1 saturated carbocycles. The number of ether oxygens (including phenoxy) is 1. The Balaban J connectivity index is 1.73. The van der Waals surface area contributed by atoms with Crippen molar-refractivity contribution in [2.24, 2.45) is 5.10 Å². The first-order valence-electron chi connectivity index (χ1n) is 8.52. The van der Waals surface area contributed by atoms with E-state index in [4.69, 9.17) is 4.74 Å². The molecule has 3 rings (SSSR count). The van der Waals surface area contributed by atoms with E-state index in [0.29, 0.717) is 44.9 Å². The minimum Gasteiger partial charge on any atom is -0.379 e. The lowest BCUT2D eigenvalue weighted by molar-refractivity contribution is -0.118. The van der Waals surface area contributed by atoms with Gasteiger partial charge in [0.15, 0.2) is 0 Å². The molecule has 2 fully saturated rings. The fraction of sp³-hybridized carbons (Fsp3) is 0.471. The summed E-state index contributed by atoms with van der Waals surface area (Å²) >= 11 is 0. The van der Waals surface area contributed by atoms with Crippen LogP contribution in [0.4, 0.5) is 0 Å². The molecule has 140 valence electrons. The van der Waals surface area contributed by atoms with Crippen molar-refractivity contribution in [2.75, 3.05) is 26.3 Å². The predicted octanol–water partition coefficient (Wildman–Crippen LogP) is 0.936. The quantitative estimate of drug-likeness (QED) is 0.784. The number of morpholine rings is 1. The largest absolute Gasteiger partial charge is 0.379 e. The van der Waals surface area contributed by atoms with Gasteiger partial charge in [0.2, 0.25) is 10.0 Å². The molecule has 0 aromatic heterocycles. The Bertz CT molecular complexity index is 829. The fourth-order valence-corrected chi connectivity index (χ4v) is 4.37. The zero-order valence-corrected chi connectivity index (χ0v) is 15.1. The van der Waals surface area contributed by atoms with E-state index in [2.05, 4.69) is 10.5 Å². The van der Waals surface area contributed by atoms with E-state index in [0.717, 1.165) is 6.42 Å². The van der Waals surface area contributed by atoms with Gasteiger partial charge in [0.1, 0.15) is 5.78 Å². The number of ketones is 1. The van der Waals surface area contributed by atoms with Crippen molar-refractivity contribution in [2.45, 2.75) is 30.6 Å². The molecule has 0 unspecified atom stereocenters. The topological polar surface area (TPSA) is 105 Å². The van der Waals surface area contributed by atoms with Crippen LogP contribution in [0.5, 0.6) is 0 Å². The third-order valence-corrected chi connectivity index (χ3v) is 6.24. The molecule has 9 heteroatoms. The fourth-order valence-electron chi connectivity index (χ4n) is 2.92. The van der Waals surface area contributed by atoms with Crippen molar-refractivity contribution in [3.8, 4) is 0 Å². The van der Waals surface area contributed by atoms with Gasteiger partial charge < -0.3 is 4.74 Å². The number of hydrogen-bond donors (Lipinski definition) is 1. The van der Waals surface area contributed by atoms with Gasteiger partial charge in [-0.1, -0.05) is 6.07 Å². The molecule has 1 amide bonds. The van der Waals surface area contributed by atoms with Crippen molar-refractivity contribution in [1.82, 2.24) is 9.73 Å². The number of sulfonamides is 1. The summed E-state index contributed by atoms with van der Waals surface area (Å²) in [5.41, 5.74) is 3.26. The molecule has 2 aliphatic rings. The molecule has 0 radical (unpaired) electrons. The van der Waals surface area contributed by atoms with Crippen molar-refractivity contribution in [3.05, 3.63) is 29.8 Å². The van der Waals surface area contributed by atoms with Crippen molar-refractivity contribution < 1.29 is 22.7 Å². The van der Waals surface area contributed by atoms with Crippen LogP contribution < -0.4 is 5.43 Å². The number of Topliss-reactive ketones (excluding diaryl/α,β-unsaturated/α-hetero) is 1. The molecule has 1 heterocycles. The Morgan fingerprint density at radius 3 is 2.69 bits per heavy atom. The lowest BCUT2D eigenvalue weighted by atomic mass is 9.97. The predicted molar refractivity (Wildman–Crippen MR) is 94.4 cm³/mol. The van der Waals surface area contributed by atoms with Crippen molar-refractivity contribution >= 4 is 27.4 Å². The maximum atomic E-state index is 12.7. The second-order valence-corrected chi connectivity index (χ2v) is 8.17. The van der Waals surface area contributed by atoms with Crippen LogP contribution in [0.25, 0.3) is 0 Å². The number of carbonyl (C=O) groups is 2. The Labute approximate surface area is 152 Å². The third-order valence-electron chi connectivity index (χ3n) is 4.34. The lowest BCUT2D eigenvalue weighted by Crippen LogP contribution is -2.40. The van der Waals surface area contributed by atoms with E-state index >= 15 is 0 Å². The van der Waals surface area contributed by atoms with Crippen LogP contribution >= 0.6 is 0 Å². The smallest absolute Gasteiger partial charge is 0.271 e. The number of nitrogens with zero attached hydrogens (tertiary/aromatic N) is 2. The van der Waals surface area contributed by atoms with E-state index in [9.17, 15) is 18.0 Å². The number of carbonyl (C=O) groups excluding carboxylic acids is 2. The number of benzene rings is 1. The van der Waals surface area contributed by atoms with Crippen LogP contribution in [0.2, 0.25) is 0 Å². The number of hydrazone groups is 1. The molecule has 8 nitrogen and oxygen atoms in total. The number of amides is 1. The molecule has 0 atom stereocenters. The normalized spacial score (nSPS) is 20.9. The van der Waals surface area contributed by atoms with E-state index in [1.807, 2.05) is 0 Å². The summed E-state index contributed by atoms with van der Waals surface area (Å²) in [7, 11) is -3.67. The van der Waals surface area contributed by atoms with Crippen LogP contribution in [0, 0.1) is 0 Å². The van der Waals surface area contributed by atoms with Gasteiger partial charge in [-0.25, -0.2) is 13.8 Å². The average Bonchev–Trinajstić information content (AvgIpc) is 2.67. The Morgan fingerprint density at radius 1 is 1.19 bits per heavy atom. The molecule has 0 bridgehead atoms. The third kappa shape index (κ3) is 4.35. The van der Waals surface area contributed by atoms with Crippen LogP contribution in [0.15, 0.2) is 34.3 Å². The van der Waals surface area contributed by atoms with E-state index in [1.165, 1.54) is 28.6 Å². The number of rotatable bonds is 4. The molecule has 1 saturated heterocycles. The maximum absolute atomic E-state index is 12.7. The Morgan fingerprint density at radius 2 is 1.96 bits per heavy atom. The first-order valence-corrected chi connectivity index (χ1v) is 9.96. The summed E-state index contributed by atoms with van der Waals surface area (Å²) in [5.74, 6) is -0.391. The number of hydrogen-bond acceptors (Lipinski definition) is 6. The SMILES string of the molecule is O=C1CCCC(=NNC(=O)c2cccc(S(=O)(=O)N3CCOCC3)c2)C1. The molecular formula is C17H21N3O5S. The molecule has 1 aromatic rings. The molecule has 1 aromatic carbocycles. The van der Waals surface area contributed by atoms with E-state index in [-0.39, 0.29) is 22.7 Å². The van der Waals surface area contributed by atoms with Crippen LogP contribution in [0.1, 0.15) is 36.0 Å². The lowest BCUT2D eigenvalue weighted by Gasteiger charge is -2.26. The van der Waals surface area contributed by atoms with Gasteiger partial charge in [0, 0.05) is 37.2 Å². The monoisotopic (exact) mass is 379 g/mol. The second-order valence-electron chi connectivity index (χ2n) is 6.23. The van der Waals surface area contributed by atoms with E-state index in [1.54, 1.807) is 0 Å². The van der Waals surface area contributed by atoms with Gasteiger partial charge in [0.25, 0.3) is 5.91 Å². The van der Waals surface area contributed by atoms with Gasteiger partial charge in [-0.05, 0) is 31.0 Å². The Kier molecular flexibility index (Phi) is 5.80. The first kappa shape index (κ1) is 18.7. The molecule has 1 N–H and O–H groups in total. The number of nitrogens with one attached hydrogen (secondary N) is 1. The zero-order chi connectivity index (χ0) is 18.6. The van der Waals surface area contributed by atoms with Crippen molar-refractivity contribution in [3.63, 3.8) is 0 Å². The van der Waals surface area contributed by atoms with Gasteiger partial charge in [0.05, 0.1) is 18.1 Å². The highest BCUT2D eigenvalue weighted by Gasteiger charge is 2.26. The van der Waals surface area contributed by atoms with Gasteiger partial charge in [-0.2, -0.15) is 9.41 Å². The summed E-state index contributed by atoms with van der Waals surface area (Å²) in [4.78, 5) is 23.8. The standard InChI is InChI=1S/C17H21N3O5S/c21-15-5-2-4-14(12-15)18-19-17(22)13-3-1-6-16(11-13)26(23,24)20-7-9-25-10-8-20/h1,3,6,11H,2,4-5,7-10,12H2,(H,19,22). The highest BCUT2D eigenvalue weighted by molar-refractivity contribution is 7.89. The summed E-state index contributed by atoms with van der Waals surface area (Å²) in [6.07, 6.45) is 2.22. The van der Waals surface area contributed by atoms with Gasteiger partial charge in [-0.3, -0.25) is 9.59 Å². The van der Waals surface area contributed by atoms with Crippen LogP contribution in [-0.4, -0.2) is 56.4 Å². The molecule has 1 aliphatic heterocycles. The van der Waals surface area contributed by atoms with Gasteiger partial charge in [-0.15, -0.1) is 0 Å². The van der Waals surface area contributed by atoms with E-state index < -0.39 is 15.9 Å². The molecule has 1 aliphatic carbocycles. The van der Waals surface area contributed by atoms with Crippen LogP contribution in [0.3, 0.4) is 0 Å². The van der Waals surface area contributed by atoms with Gasteiger partial charge >= 0.3 is 0 Å². The van der Waals surface area contributed by atoms with Crippen molar-refractivity contribution in [1.29, 1.82) is 0 Å².